The van der Waals surface area contributed by atoms with Gasteiger partial charge in [0, 0.05) is 6.54 Å². The molecule has 0 aliphatic heterocycles. The fourth-order valence-corrected chi connectivity index (χ4v) is 1.65. The van der Waals surface area contributed by atoms with E-state index in [0.29, 0.717) is 6.54 Å². The van der Waals surface area contributed by atoms with E-state index in [9.17, 15) is 0 Å². The van der Waals surface area contributed by atoms with E-state index in [0.717, 1.165) is 0 Å². The Balaban J connectivity index is 2.77. The highest BCUT2D eigenvalue weighted by Crippen LogP contribution is 2.19. The Bertz CT molecular complexity index is 432. The smallest absolute Gasteiger partial charge is 0.0184 e. The first-order chi connectivity index (χ1) is 6.31. The maximum Gasteiger partial charge on any atom is 0.0184 e. The lowest BCUT2D eigenvalue weighted by Crippen LogP contribution is -1.96. The van der Waals surface area contributed by atoms with Crippen LogP contribution in [0.5, 0.6) is 0 Å². The fraction of sp³-hybridized carbons (Fsp3) is 0.167. The van der Waals surface area contributed by atoms with Gasteiger partial charge in [0.05, 0.1) is 0 Å². The van der Waals surface area contributed by atoms with Gasteiger partial charge in [0.25, 0.3) is 0 Å². The monoisotopic (exact) mass is 171 g/mol. The normalized spacial score (nSPS) is 10.6. The Labute approximate surface area is 78.2 Å². The van der Waals surface area contributed by atoms with Crippen molar-refractivity contribution in [3.63, 3.8) is 0 Å². The second-order valence-corrected chi connectivity index (χ2v) is 3.35. The van der Waals surface area contributed by atoms with Gasteiger partial charge in [-0.3, -0.25) is 0 Å². The quantitative estimate of drug-likeness (QED) is 0.701. The second kappa shape index (κ2) is 3.19. The molecule has 0 fully saturated rings. The molecule has 2 aromatic carbocycles. The van der Waals surface area contributed by atoms with Crippen molar-refractivity contribution >= 4 is 10.8 Å². The molecule has 0 aliphatic rings. The zero-order chi connectivity index (χ0) is 9.26. The van der Waals surface area contributed by atoms with Gasteiger partial charge in [-0.2, -0.15) is 0 Å². The highest BCUT2D eigenvalue weighted by atomic mass is 14.5. The number of benzene rings is 2. The molecule has 13 heavy (non-hydrogen) atoms. The molecular weight excluding hydrogens is 158 g/mol. The third-order valence-corrected chi connectivity index (χ3v) is 2.35. The molecule has 2 rings (SSSR count). The summed E-state index contributed by atoms with van der Waals surface area (Å²) in [6, 6.07) is 12.7. The van der Waals surface area contributed by atoms with Gasteiger partial charge in [-0.25, -0.2) is 0 Å². The lowest BCUT2D eigenvalue weighted by atomic mass is 10.0. The van der Waals surface area contributed by atoms with Crippen LogP contribution in [0.1, 0.15) is 11.1 Å². The van der Waals surface area contributed by atoms with Gasteiger partial charge < -0.3 is 5.73 Å². The Morgan fingerprint density at radius 3 is 2.77 bits per heavy atom. The van der Waals surface area contributed by atoms with E-state index in [4.69, 9.17) is 5.73 Å². The minimum atomic E-state index is 0.612. The van der Waals surface area contributed by atoms with E-state index in [1.165, 1.54) is 21.9 Å². The first kappa shape index (κ1) is 8.27. The molecule has 0 spiro atoms. The second-order valence-electron chi connectivity index (χ2n) is 3.35. The number of nitrogens with two attached hydrogens (primary N) is 1. The summed E-state index contributed by atoms with van der Waals surface area (Å²) in [6.45, 7) is 2.72. The fourth-order valence-electron chi connectivity index (χ4n) is 1.65. The van der Waals surface area contributed by atoms with E-state index in [1.54, 1.807) is 0 Å². The Morgan fingerprint density at radius 1 is 1.15 bits per heavy atom. The molecule has 0 bridgehead atoms. The van der Waals surface area contributed by atoms with E-state index in [2.05, 4.69) is 43.3 Å². The van der Waals surface area contributed by atoms with Crippen molar-refractivity contribution in [1.82, 2.24) is 0 Å². The predicted molar refractivity (Wildman–Crippen MR) is 56.6 cm³/mol. The zero-order valence-corrected chi connectivity index (χ0v) is 7.75. The molecule has 0 saturated heterocycles. The summed E-state index contributed by atoms with van der Waals surface area (Å²) in [4.78, 5) is 0. The van der Waals surface area contributed by atoms with Gasteiger partial charge in [0.2, 0.25) is 0 Å². The molecule has 0 atom stereocenters. The molecule has 1 nitrogen and oxygen atoms in total. The number of hydrogen-bond acceptors (Lipinski definition) is 1. The number of fused-ring (bicyclic) bond motifs is 1. The number of rotatable bonds is 1. The summed E-state index contributed by atoms with van der Waals surface area (Å²) in [5.41, 5.74) is 8.17. The summed E-state index contributed by atoms with van der Waals surface area (Å²) in [6.07, 6.45) is 0. The van der Waals surface area contributed by atoms with Crippen molar-refractivity contribution in [1.29, 1.82) is 0 Å². The Morgan fingerprint density at radius 2 is 2.00 bits per heavy atom. The number of hydrogen-bond donors (Lipinski definition) is 1. The van der Waals surface area contributed by atoms with Crippen molar-refractivity contribution in [3.8, 4) is 0 Å². The van der Waals surface area contributed by atoms with E-state index < -0.39 is 0 Å². The first-order valence-corrected chi connectivity index (χ1v) is 4.49. The number of aryl methyl sites for hydroxylation is 1. The van der Waals surface area contributed by atoms with Crippen LogP contribution in [0.4, 0.5) is 0 Å². The van der Waals surface area contributed by atoms with Crippen molar-refractivity contribution in [2.24, 2.45) is 5.73 Å². The molecule has 0 saturated carbocycles. The minimum Gasteiger partial charge on any atom is -0.326 e. The van der Waals surface area contributed by atoms with Gasteiger partial charge in [-0.1, -0.05) is 42.0 Å². The average Bonchev–Trinajstić information content (AvgIpc) is 2.16. The molecule has 1 heteroatoms. The Kier molecular flexibility index (Phi) is 2.03. The van der Waals surface area contributed by atoms with Crippen LogP contribution in [-0.4, -0.2) is 0 Å². The first-order valence-electron chi connectivity index (χ1n) is 4.49. The van der Waals surface area contributed by atoms with Crippen molar-refractivity contribution < 1.29 is 0 Å². The molecule has 0 aromatic heterocycles. The highest BCUT2D eigenvalue weighted by Gasteiger charge is 1.97. The van der Waals surface area contributed by atoms with Crippen LogP contribution in [0.25, 0.3) is 10.8 Å². The highest BCUT2D eigenvalue weighted by molar-refractivity contribution is 5.86. The van der Waals surface area contributed by atoms with E-state index in [-0.39, 0.29) is 0 Å². The topological polar surface area (TPSA) is 26.0 Å². The van der Waals surface area contributed by atoms with Crippen LogP contribution < -0.4 is 5.73 Å². The molecule has 0 heterocycles. The van der Waals surface area contributed by atoms with Gasteiger partial charge >= 0.3 is 0 Å². The largest absolute Gasteiger partial charge is 0.326 e. The summed E-state index contributed by atoms with van der Waals surface area (Å²) >= 11 is 0. The maximum atomic E-state index is 5.65. The van der Waals surface area contributed by atoms with Crippen molar-refractivity contribution in [3.05, 3.63) is 47.5 Å². The van der Waals surface area contributed by atoms with Crippen LogP contribution >= 0.6 is 0 Å². The lowest BCUT2D eigenvalue weighted by molar-refractivity contribution is 1.09. The summed E-state index contributed by atoms with van der Waals surface area (Å²) in [5, 5.41) is 2.55. The standard InChI is InChI=1S/C12H13N/c1-9-5-6-12-10(7-9)3-2-4-11(12)8-13/h2-7H,8,13H2,1H3. The van der Waals surface area contributed by atoms with Crippen LogP contribution in [-0.2, 0) is 6.54 Å². The van der Waals surface area contributed by atoms with Crippen molar-refractivity contribution in [2.75, 3.05) is 0 Å². The molecule has 0 radical (unpaired) electrons. The molecule has 2 N–H and O–H groups in total. The molecule has 0 unspecified atom stereocenters. The zero-order valence-electron chi connectivity index (χ0n) is 7.75. The van der Waals surface area contributed by atoms with Gasteiger partial charge in [0.1, 0.15) is 0 Å². The molecular formula is C12H13N. The van der Waals surface area contributed by atoms with Crippen LogP contribution in [0.3, 0.4) is 0 Å². The SMILES string of the molecule is Cc1ccc2c(CN)cccc2c1. The van der Waals surface area contributed by atoms with Gasteiger partial charge in [0.15, 0.2) is 0 Å². The Hall–Kier alpha value is -1.34. The van der Waals surface area contributed by atoms with E-state index in [1.807, 2.05) is 0 Å². The molecule has 0 aliphatic carbocycles. The summed E-state index contributed by atoms with van der Waals surface area (Å²) in [7, 11) is 0. The summed E-state index contributed by atoms with van der Waals surface area (Å²) < 4.78 is 0. The van der Waals surface area contributed by atoms with Crippen LogP contribution in [0.15, 0.2) is 36.4 Å². The molecule has 2 aromatic rings. The predicted octanol–water partition coefficient (Wildman–Crippen LogP) is 2.61. The summed E-state index contributed by atoms with van der Waals surface area (Å²) in [5.74, 6) is 0. The van der Waals surface area contributed by atoms with E-state index >= 15 is 0 Å². The third-order valence-electron chi connectivity index (χ3n) is 2.35. The van der Waals surface area contributed by atoms with Crippen LogP contribution in [0.2, 0.25) is 0 Å². The van der Waals surface area contributed by atoms with Gasteiger partial charge in [-0.15, -0.1) is 0 Å². The molecule has 66 valence electrons. The molecule has 0 amide bonds. The minimum absolute atomic E-state index is 0.612. The van der Waals surface area contributed by atoms with Crippen molar-refractivity contribution in [2.45, 2.75) is 13.5 Å². The van der Waals surface area contributed by atoms with Crippen LogP contribution in [0, 0.1) is 6.92 Å². The maximum absolute atomic E-state index is 5.65. The third kappa shape index (κ3) is 1.43. The van der Waals surface area contributed by atoms with Gasteiger partial charge in [-0.05, 0) is 23.3 Å². The lowest BCUT2D eigenvalue weighted by Gasteiger charge is -2.04. The average molecular weight is 171 g/mol.